The Balaban J connectivity index is 1.41. The molecule has 0 unspecified atom stereocenters. The third kappa shape index (κ3) is 2.64. The van der Waals surface area contributed by atoms with Crippen LogP contribution in [0.4, 0.5) is 39.8 Å². The minimum absolute atomic E-state index is 0.203. The number of hydrogen-bond donors (Lipinski definition) is 0. The van der Waals surface area contributed by atoms with Gasteiger partial charge >= 0.3 is 0 Å². The molecule has 0 saturated carbocycles. The van der Waals surface area contributed by atoms with E-state index >= 15 is 0 Å². The number of hydrogen-bond acceptors (Lipinski definition) is 3. The Morgan fingerprint density at radius 2 is 1.03 bits per heavy atom. The third-order valence-electron chi connectivity index (χ3n) is 7.92. The molecule has 170 valence electrons. The van der Waals surface area contributed by atoms with Crippen LogP contribution in [0, 0.1) is 0 Å². The van der Waals surface area contributed by atoms with Crippen LogP contribution in [0.2, 0.25) is 0 Å². The number of para-hydroxylation sites is 4. The fourth-order valence-corrected chi connectivity index (χ4v) is 6.51. The predicted molar refractivity (Wildman–Crippen MR) is 153 cm³/mol. The summed E-state index contributed by atoms with van der Waals surface area (Å²) in [5, 5.41) is 0. The molecule has 3 nitrogen and oxygen atoms in total. The molecule has 0 saturated heterocycles. The summed E-state index contributed by atoms with van der Waals surface area (Å²) in [6.07, 6.45) is 0. The normalized spacial score (nSPS) is 14.8. The molecule has 5 aromatic rings. The fraction of sp³-hybridized carbons (Fsp3) is 0.0625. The van der Waals surface area contributed by atoms with Gasteiger partial charge in [-0.15, -0.1) is 0 Å². The molecule has 0 radical (unpaired) electrons. The fourth-order valence-electron chi connectivity index (χ4n) is 6.51. The predicted octanol–water partition coefficient (Wildman–Crippen LogP) is 5.59. The molecule has 36 heavy (non-hydrogen) atoms. The van der Waals surface area contributed by atoms with E-state index in [0.717, 1.165) is 13.1 Å². The van der Waals surface area contributed by atoms with Crippen molar-refractivity contribution in [3.63, 3.8) is 0 Å². The van der Waals surface area contributed by atoms with E-state index in [2.05, 4.69) is 136 Å². The van der Waals surface area contributed by atoms with Crippen molar-refractivity contribution in [1.82, 2.24) is 0 Å². The molecule has 3 heterocycles. The Labute approximate surface area is 211 Å². The maximum atomic E-state index is 2.57. The van der Waals surface area contributed by atoms with Crippen molar-refractivity contribution in [2.45, 2.75) is 0 Å². The molecule has 8 rings (SSSR count). The summed E-state index contributed by atoms with van der Waals surface area (Å²) in [6, 6.07) is 44.2. The average Bonchev–Trinajstić information content (AvgIpc) is 2.95. The zero-order chi connectivity index (χ0) is 23.6. The van der Waals surface area contributed by atoms with Crippen LogP contribution in [0.1, 0.15) is 0 Å². The summed E-state index contributed by atoms with van der Waals surface area (Å²) in [4.78, 5) is 7.49. The quantitative estimate of drug-likeness (QED) is 0.312. The van der Waals surface area contributed by atoms with Gasteiger partial charge in [0.15, 0.2) is 0 Å². The van der Waals surface area contributed by atoms with Crippen molar-refractivity contribution in [1.29, 1.82) is 0 Å². The van der Waals surface area contributed by atoms with Gasteiger partial charge in [-0.1, -0.05) is 72.8 Å². The average molecular weight is 461 g/mol. The zero-order valence-electron chi connectivity index (χ0n) is 19.9. The highest BCUT2D eigenvalue weighted by atomic mass is 15.3. The van der Waals surface area contributed by atoms with E-state index in [1.807, 2.05) is 0 Å². The van der Waals surface area contributed by atoms with Gasteiger partial charge in [0.05, 0.1) is 11.4 Å². The third-order valence-corrected chi connectivity index (χ3v) is 7.92. The van der Waals surface area contributed by atoms with E-state index in [1.165, 1.54) is 56.2 Å². The van der Waals surface area contributed by atoms with Crippen LogP contribution in [0.5, 0.6) is 0 Å². The van der Waals surface area contributed by atoms with Crippen molar-refractivity contribution in [2.75, 3.05) is 27.8 Å². The van der Waals surface area contributed by atoms with Gasteiger partial charge in [0.1, 0.15) is 0 Å². The SMILES string of the molecule is c1ccc(N2CCN3c4cccc5c4B(c4ccccc4N5c4ccccc4)c4cccc2c43)cc1. The number of anilines is 7. The molecule has 0 atom stereocenters. The largest absolute Gasteiger partial charge is 0.339 e. The number of benzene rings is 5. The van der Waals surface area contributed by atoms with Crippen LogP contribution in [0.3, 0.4) is 0 Å². The monoisotopic (exact) mass is 461 g/mol. The Morgan fingerprint density at radius 1 is 0.444 bits per heavy atom. The summed E-state index contributed by atoms with van der Waals surface area (Å²) in [6.45, 7) is 2.11. The van der Waals surface area contributed by atoms with Gasteiger partial charge in [-0.05, 0) is 64.9 Å². The van der Waals surface area contributed by atoms with Gasteiger partial charge in [0.2, 0.25) is 0 Å². The lowest BCUT2D eigenvalue weighted by Gasteiger charge is -2.48. The molecule has 3 aliphatic rings. The summed E-state index contributed by atoms with van der Waals surface area (Å²) in [5.74, 6) is 0. The Kier molecular flexibility index (Phi) is 4.15. The Morgan fingerprint density at radius 3 is 1.86 bits per heavy atom. The zero-order valence-corrected chi connectivity index (χ0v) is 19.9. The van der Waals surface area contributed by atoms with Crippen LogP contribution in [-0.4, -0.2) is 19.8 Å². The molecule has 0 fully saturated rings. The highest BCUT2D eigenvalue weighted by Crippen LogP contribution is 2.45. The van der Waals surface area contributed by atoms with Crippen LogP contribution < -0.4 is 31.1 Å². The van der Waals surface area contributed by atoms with Crippen molar-refractivity contribution in [2.24, 2.45) is 0 Å². The first-order valence-corrected chi connectivity index (χ1v) is 12.7. The molecule has 5 aromatic carbocycles. The van der Waals surface area contributed by atoms with E-state index in [0.29, 0.717) is 0 Å². The van der Waals surface area contributed by atoms with Gasteiger partial charge < -0.3 is 14.7 Å². The first-order valence-electron chi connectivity index (χ1n) is 12.7. The number of rotatable bonds is 2. The van der Waals surface area contributed by atoms with Crippen molar-refractivity contribution in [3.05, 3.63) is 121 Å². The van der Waals surface area contributed by atoms with Crippen LogP contribution in [0.25, 0.3) is 0 Å². The van der Waals surface area contributed by atoms with Crippen LogP contribution in [0.15, 0.2) is 121 Å². The molecule has 0 spiro atoms. The number of nitrogens with zero attached hydrogens (tertiary/aromatic N) is 3. The summed E-state index contributed by atoms with van der Waals surface area (Å²) < 4.78 is 0. The molecule has 3 aliphatic heterocycles. The van der Waals surface area contributed by atoms with E-state index < -0.39 is 0 Å². The molecule has 0 aromatic heterocycles. The van der Waals surface area contributed by atoms with Crippen LogP contribution >= 0.6 is 0 Å². The second-order valence-corrected chi connectivity index (χ2v) is 9.73. The Hall–Kier alpha value is -4.44. The van der Waals surface area contributed by atoms with Gasteiger partial charge in [0.25, 0.3) is 6.71 Å². The molecule has 0 N–H and O–H groups in total. The van der Waals surface area contributed by atoms with Crippen LogP contribution in [-0.2, 0) is 0 Å². The molecule has 0 amide bonds. The minimum atomic E-state index is 0.203. The first-order chi connectivity index (χ1) is 17.9. The van der Waals surface area contributed by atoms with Gasteiger partial charge in [0, 0.05) is 41.5 Å². The highest BCUT2D eigenvalue weighted by Gasteiger charge is 2.44. The molecule has 0 aliphatic carbocycles. The second-order valence-electron chi connectivity index (χ2n) is 9.73. The van der Waals surface area contributed by atoms with E-state index in [4.69, 9.17) is 0 Å². The topological polar surface area (TPSA) is 9.72 Å². The van der Waals surface area contributed by atoms with Gasteiger partial charge in [-0.25, -0.2) is 0 Å². The van der Waals surface area contributed by atoms with E-state index in [1.54, 1.807) is 0 Å². The lowest BCUT2D eigenvalue weighted by Crippen LogP contribution is -2.63. The second kappa shape index (κ2) is 7.53. The van der Waals surface area contributed by atoms with Gasteiger partial charge in [-0.3, -0.25) is 0 Å². The summed E-state index contributed by atoms with van der Waals surface area (Å²) in [5.41, 5.74) is 13.2. The standard InChI is InChI=1S/C32H24BN3/c1-3-11-23(12-4-1)34-21-22-35-28-18-10-19-29-31(28)33(26-16-9-20-30(34)32(26)35)25-15-7-8-17-27(25)36(29)24-13-5-2-6-14-24/h1-20H,21-22H2. The maximum absolute atomic E-state index is 2.57. The lowest BCUT2D eigenvalue weighted by atomic mass is 9.33. The van der Waals surface area contributed by atoms with Crippen molar-refractivity contribution >= 4 is 62.9 Å². The smallest absolute Gasteiger partial charge is 0.252 e. The molecule has 0 bridgehead atoms. The summed E-state index contributed by atoms with van der Waals surface area (Å²) >= 11 is 0. The van der Waals surface area contributed by atoms with E-state index in [-0.39, 0.29) is 6.71 Å². The van der Waals surface area contributed by atoms with Gasteiger partial charge in [-0.2, -0.15) is 0 Å². The van der Waals surface area contributed by atoms with E-state index in [9.17, 15) is 0 Å². The number of fused-ring (bicyclic) bond motifs is 4. The minimum Gasteiger partial charge on any atom is -0.339 e. The Bertz CT molecular complexity index is 1620. The molecular formula is C32H24BN3. The van der Waals surface area contributed by atoms with Crippen molar-refractivity contribution < 1.29 is 0 Å². The summed E-state index contributed by atoms with van der Waals surface area (Å²) in [7, 11) is 0. The lowest BCUT2D eigenvalue weighted by molar-refractivity contribution is 0.852. The first kappa shape index (κ1) is 19.8. The molecular weight excluding hydrogens is 437 g/mol. The molecule has 4 heteroatoms. The van der Waals surface area contributed by atoms with Crippen molar-refractivity contribution in [3.8, 4) is 0 Å². The maximum Gasteiger partial charge on any atom is 0.252 e. The highest BCUT2D eigenvalue weighted by molar-refractivity contribution is 7.00.